The minimum Gasteiger partial charge on any atom is -0.497 e. The van der Waals surface area contributed by atoms with E-state index >= 15 is 0 Å². The van der Waals surface area contributed by atoms with Crippen LogP contribution < -0.4 is 35.6 Å². The van der Waals surface area contributed by atoms with Crippen molar-refractivity contribution in [2.45, 2.75) is 25.9 Å². The molecule has 264 valence electrons. The van der Waals surface area contributed by atoms with Crippen molar-refractivity contribution in [1.82, 2.24) is 19.9 Å². The molecule has 0 radical (unpaired) electrons. The molecule has 3 aromatic carbocycles. The standard InChI is InChI=1S/C34H37ClFN7O7/c1-20(37-34(47)50-5)31(44)40-14-16-41(17-15-40)43-30(39-27-12-6-22(35)18-26(27)32(43)45)21(2)42(28-13-11-25(48-3)19-29(28)49-4)33(46)38-24-9-7-23(36)8-10-24/h6-13,18-21H,14-17H2,1-5H3,(H,37,47)(H,38,46). The Morgan fingerprint density at radius 1 is 0.940 bits per heavy atom. The Morgan fingerprint density at radius 2 is 1.64 bits per heavy atom. The summed E-state index contributed by atoms with van der Waals surface area (Å²) in [5.74, 6) is 0.213. The normalized spacial score (nSPS) is 14.1. The fraction of sp³-hybridized carbons (Fsp3) is 0.324. The highest BCUT2D eigenvalue weighted by atomic mass is 35.5. The largest absolute Gasteiger partial charge is 0.497 e. The number of ether oxygens (including phenoxy) is 3. The summed E-state index contributed by atoms with van der Waals surface area (Å²) in [4.78, 5) is 61.2. The van der Waals surface area contributed by atoms with Crippen LogP contribution in [0, 0.1) is 5.82 Å². The van der Waals surface area contributed by atoms with Crippen molar-refractivity contribution in [2.75, 3.05) is 62.7 Å². The van der Waals surface area contributed by atoms with E-state index in [1.807, 2.05) is 0 Å². The van der Waals surface area contributed by atoms with Crippen LogP contribution in [-0.4, -0.2) is 86.1 Å². The number of nitrogens with one attached hydrogen (secondary N) is 2. The number of hydrogen-bond donors (Lipinski definition) is 2. The summed E-state index contributed by atoms with van der Waals surface area (Å²) in [7, 11) is 4.17. The lowest BCUT2D eigenvalue weighted by molar-refractivity contribution is -0.133. The van der Waals surface area contributed by atoms with Gasteiger partial charge in [0, 0.05) is 29.9 Å². The van der Waals surface area contributed by atoms with E-state index in [1.54, 1.807) is 54.1 Å². The third-order valence-corrected chi connectivity index (χ3v) is 8.53. The first-order valence-electron chi connectivity index (χ1n) is 15.6. The summed E-state index contributed by atoms with van der Waals surface area (Å²) in [6.45, 7) is 4.16. The number of piperazine rings is 1. The number of benzene rings is 3. The molecule has 0 aliphatic carbocycles. The quantitative estimate of drug-likeness (QED) is 0.256. The Bertz CT molecular complexity index is 1950. The Labute approximate surface area is 292 Å². The zero-order valence-electron chi connectivity index (χ0n) is 28.1. The van der Waals surface area contributed by atoms with Gasteiger partial charge in [0.1, 0.15) is 23.4 Å². The van der Waals surface area contributed by atoms with Crippen LogP contribution in [-0.2, 0) is 9.53 Å². The van der Waals surface area contributed by atoms with Gasteiger partial charge in [0.2, 0.25) is 5.91 Å². The molecule has 1 fully saturated rings. The van der Waals surface area contributed by atoms with Crippen molar-refractivity contribution in [3.63, 3.8) is 0 Å². The first-order valence-corrected chi connectivity index (χ1v) is 16.0. The van der Waals surface area contributed by atoms with Gasteiger partial charge in [-0.05, 0) is 68.4 Å². The summed E-state index contributed by atoms with van der Waals surface area (Å²) < 4.78 is 30.8. The van der Waals surface area contributed by atoms with E-state index in [0.29, 0.717) is 33.4 Å². The Balaban J connectivity index is 1.58. The van der Waals surface area contributed by atoms with Crippen LogP contribution in [0.2, 0.25) is 5.02 Å². The molecule has 2 atom stereocenters. The lowest BCUT2D eigenvalue weighted by Crippen LogP contribution is -2.59. The second-order valence-electron chi connectivity index (χ2n) is 11.4. The van der Waals surface area contributed by atoms with Crippen molar-refractivity contribution in [3.8, 4) is 11.5 Å². The molecule has 0 spiro atoms. The first kappa shape index (κ1) is 35.7. The molecule has 1 aliphatic rings. The third-order valence-electron chi connectivity index (χ3n) is 8.30. The predicted octanol–water partition coefficient (Wildman–Crippen LogP) is 4.53. The van der Waals surface area contributed by atoms with Crippen LogP contribution in [0.5, 0.6) is 11.5 Å². The molecule has 1 aromatic heterocycles. The van der Waals surface area contributed by atoms with Gasteiger partial charge in [-0.1, -0.05) is 11.6 Å². The highest BCUT2D eigenvalue weighted by Crippen LogP contribution is 2.37. The van der Waals surface area contributed by atoms with E-state index in [9.17, 15) is 23.6 Å². The third kappa shape index (κ3) is 7.52. The number of hydrogen-bond acceptors (Lipinski definition) is 9. The van der Waals surface area contributed by atoms with Crippen molar-refractivity contribution in [3.05, 3.63) is 87.7 Å². The molecule has 5 rings (SSSR count). The average molecular weight is 710 g/mol. The molecule has 0 bridgehead atoms. The van der Waals surface area contributed by atoms with Crippen molar-refractivity contribution in [1.29, 1.82) is 0 Å². The molecule has 1 aliphatic heterocycles. The van der Waals surface area contributed by atoms with Crippen LogP contribution >= 0.6 is 11.6 Å². The second kappa shape index (κ2) is 15.3. The number of methoxy groups -OCH3 is 3. The SMILES string of the molecule is COC(=O)NC(C)C(=O)N1CCN(n2c(C(C)N(C(=O)Nc3ccc(F)cc3)c3ccc(OC)cc3OC)nc3ccc(Cl)cc3c2=O)CC1. The molecule has 14 nitrogen and oxygen atoms in total. The highest BCUT2D eigenvalue weighted by Gasteiger charge is 2.33. The molecule has 2 unspecified atom stereocenters. The maximum absolute atomic E-state index is 14.3. The zero-order chi connectivity index (χ0) is 36.1. The van der Waals surface area contributed by atoms with Crippen molar-refractivity contribution in [2.24, 2.45) is 0 Å². The van der Waals surface area contributed by atoms with Crippen LogP contribution in [0.3, 0.4) is 0 Å². The Hall–Kier alpha value is -5.57. The molecule has 2 N–H and O–H groups in total. The first-order chi connectivity index (χ1) is 23.9. The van der Waals surface area contributed by atoms with Crippen LogP contribution in [0.1, 0.15) is 25.7 Å². The number of halogens is 2. The second-order valence-corrected chi connectivity index (χ2v) is 11.8. The lowest BCUT2D eigenvalue weighted by atomic mass is 10.1. The van der Waals surface area contributed by atoms with E-state index in [2.05, 4.69) is 15.4 Å². The van der Waals surface area contributed by atoms with Crippen LogP contribution in [0.25, 0.3) is 10.9 Å². The van der Waals surface area contributed by atoms with E-state index in [1.165, 1.54) is 61.2 Å². The number of anilines is 2. The van der Waals surface area contributed by atoms with Gasteiger partial charge in [0.15, 0.2) is 5.82 Å². The minimum absolute atomic E-state index is 0.206. The van der Waals surface area contributed by atoms with E-state index in [4.69, 9.17) is 26.1 Å². The summed E-state index contributed by atoms with van der Waals surface area (Å²) in [5.41, 5.74) is 0.589. The van der Waals surface area contributed by atoms with E-state index < -0.39 is 35.6 Å². The number of rotatable bonds is 9. The van der Waals surface area contributed by atoms with E-state index in [-0.39, 0.29) is 43.3 Å². The molecule has 50 heavy (non-hydrogen) atoms. The van der Waals surface area contributed by atoms with Gasteiger partial charge in [-0.2, -0.15) is 0 Å². The van der Waals surface area contributed by atoms with Gasteiger partial charge in [0.25, 0.3) is 5.56 Å². The number of urea groups is 1. The number of carbonyl (C=O) groups is 3. The van der Waals surface area contributed by atoms with E-state index in [0.717, 1.165) is 0 Å². The zero-order valence-corrected chi connectivity index (χ0v) is 28.9. The van der Waals surface area contributed by atoms with Crippen molar-refractivity contribution < 1.29 is 33.0 Å². The minimum atomic E-state index is -0.922. The maximum Gasteiger partial charge on any atom is 0.407 e. The topological polar surface area (TPSA) is 148 Å². The summed E-state index contributed by atoms with van der Waals surface area (Å²) in [5, 5.41) is 7.64. The summed E-state index contributed by atoms with van der Waals surface area (Å²) in [6, 6.07) is 12.6. The van der Waals surface area contributed by atoms with Crippen LogP contribution in [0.15, 0.2) is 65.5 Å². The smallest absolute Gasteiger partial charge is 0.407 e. The molecule has 4 amide bonds. The number of nitrogens with zero attached hydrogens (tertiary/aromatic N) is 5. The number of alkyl carbamates (subject to hydrolysis) is 1. The monoisotopic (exact) mass is 709 g/mol. The Kier molecular flexibility index (Phi) is 11.0. The molecule has 16 heteroatoms. The molecule has 0 saturated carbocycles. The number of aromatic nitrogens is 2. The lowest BCUT2D eigenvalue weighted by Gasteiger charge is -2.39. The van der Waals surface area contributed by atoms with Gasteiger partial charge in [-0.3, -0.25) is 14.5 Å². The highest BCUT2D eigenvalue weighted by molar-refractivity contribution is 6.31. The Morgan fingerprint density at radius 3 is 2.28 bits per heavy atom. The van der Waals surface area contributed by atoms with Crippen LogP contribution in [0.4, 0.5) is 25.4 Å². The fourth-order valence-electron chi connectivity index (χ4n) is 5.71. The van der Waals surface area contributed by atoms with Gasteiger partial charge in [-0.15, -0.1) is 0 Å². The average Bonchev–Trinajstić information content (AvgIpc) is 3.12. The number of amides is 4. The van der Waals surface area contributed by atoms with Gasteiger partial charge in [0.05, 0.1) is 57.1 Å². The molecule has 1 saturated heterocycles. The summed E-state index contributed by atoms with van der Waals surface area (Å²) >= 11 is 6.30. The molecule has 4 aromatic rings. The van der Waals surface area contributed by atoms with Gasteiger partial charge >= 0.3 is 12.1 Å². The molecular formula is C34H37ClFN7O7. The van der Waals surface area contributed by atoms with Gasteiger partial charge < -0.3 is 34.8 Å². The molecular weight excluding hydrogens is 673 g/mol. The number of fused-ring (bicyclic) bond motifs is 1. The fourth-order valence-corrected chi connectivity index (χ4v) is 5.88. The van der Waals surface area contributed by atoms with Gasteiger partial charge in [-0.25, -0.2) is 23.6 Å². The van der Waals surface area contributed by atoms with Crippen molar-refractivity contribution >= 4 is 51.9 Å². The summed E-state index contributed by atoms with van der Waals surface area (Å²) in [6.07, 6.45) is -0.725. The maximum atomic E-state index is 14.3. The predicted molar refractivity (Wildman–Crippen MR) is 186 cm³/mol. The number of carbonyl (C=O) groups excluding carboxylic acids is 3. The molecule has 2 heterocycles.